The van der Waals surface area contributed by atoms with E-state index >= 15 is 0 Å². The molecule has 3 nitrogen and oxygen atoms in total. The molecule has 0 radical (unpaired) electrons. The van der Waals surface area contributed by atoms with Crippen LogP contribution in [0.5, 0.6) is 0 Å². The lowest BCUT2D eigenvalue weighted by Gasteiger charge is -2.21. The number of alkyl halides is 3. The minimum absolute atomic E-state index is 0.212. The third-order valence-corrected chi connectivity index (χ3v) is 2.24. The fourth-order valence-corrected chi connectivity index (χ4v) is 1.37. The highest BCUT2D eigenvalue weighted by molar-refractivity contribution is 4.66. The van der Waals surface area contributed by atoms with E-state index in [2.05, 4.69) is 5.32 Å². The van der Waals surface area contributed by atoms with E-state index in [1.54, 1.807) is 7.11 Å². The first-order chi connectivity index (χ1) is 7.39. The molecule has 6 heteroatoms. The van der Waals surface area contributed by atoms with Crippen LogP contribution < -0.4 is 5.32 Å². The molecule has 0 spiro atoms. The van der Waals surface area contributed by atoms with Crippen LogP contribution in [0.15, 0.2) is 0 Å². The van der Waals surface area contributed by atoms with Crippen molar-refractivity contribution in [3.8, 4) is 0 Å². The van der Waals surface area contributed by atoms with E-state index in [9.17, 15) is 13.2 Å². The predicted molar refractivity (Wildman–Crippen MR) is 57.5 cm³/mol. The van der Waals surface area contributed by atoms with Gasteiger partial charge in [0.2, 0.25) is 0 Å². The van der Waals surface area contributed by atoms with E-state index < -0.39 is 12.7 Å². The summed E-state index contributed by atoms with van der Waals surface area (Å²) in [5.41, 5.74) is 0. The molecule has 0 aromatic rings. The molecule has 0 aliphatic carbocycles. The van der Waals surface area contributed by atoms with Gasteiger partial charge in [-0.3, -0.25) is 4.90 Å². The highest BCUT2D eigenvalue weighted by atomic mass is 19.4. The topological polar surface area (TPSA) is 24.5 Å². The zero-order valence-electron chi connectivity index (χ0n) is 10.1. The number of rotatable bonds is 8. The van der Waals surface area contributed by atoms with Gasteiger partial charge in [-0.1, -0.05) is 6.92 Å². The van der Waals surface area contributed by atoms with Crippen LogP contribution in [0.3, 0.4) is 0 Å². The molecule has 98 valence electrons. The molecule has 0 saturated carbocycles. The molecule has 1 N–H and O–H groups in total. The minimum Gasteiger partial charge on any atom is -0.383 e. The van der Waals surface area contributed by atoms with E-state index in [4.69, 9.17) is 4.74 Å². The Morgan fingerprint density at radius 1 is 1.38 bits per heavy atom. The van der Waals surface area contributed by atoms with Crippen LogP contribution in [0.4, 0.5) is 13.2 Å². The van der Waals surface area contributed by atoms with Crippen molar-refractivity contribution in [3.63, 3.8) is 0 Å². The molecule has 0 heterocycles. The van der Waals surface area contributed by atoms with Crippen LogP contribution in [0.1, 0.15) is 13.3 Å². The summed E-state index contributed by atoms with van der Waals surface area (Å²) in [6.07, 6.45) is -3.22. The molecule has 16 heavy (non-hydrogen) atoms. The van der Waals surface area contributed by atoms with Gasteiger partial charge in [0, 0.05) is 26.2 Å². The number of nitrogens with one attached hydrogen (secondary N) is 1. The third-order valence-electron chi connectivity index (χ3n) is 2.24. The summed E-state index contributed by atoms with van der Waals surface area (Å²) in [5, 5.41) is 3.15. The Morgan fingerprint density at radius 2 is 2.00 bits per heavy atom. The molecule has 0 bridgehead atoms. The van der Waals surface area contributed by atoms with Gasteiger partial charge in [-0.2, -0.15) is 13.2 Å². The second-order valence-electron chi connectivity index (χ2n) is 3.87. The maximum Gasteiger partial charge on any atom is 0.401 e. The SMILES string of the molecule is CCC(COC)NCCN(C)CC(F)(F)F. The number of nitrogens with zero attached hydrogens (tertiary/aromatic N) is 1. The van der Waals surface area contributed by atoms with Gasteiger partial charge in [-0.15, -0.1) is 0 Å². The lowest BCUT2D eigenvalue weighted by molar-refractivity contribution is -0.142. The van der Waals surface area contributed by atoms with Crippen LogP contribution in [0.25, 0.3) is 0 Å². The molecule has 0 aliphatic rings. The lowest BCUT2D eigenvalue weighted by atomic mass is 10.2. The first-order valence-electron chi connectivity index (χ1n) is 5.36. The number of hydrogen-bond acceptors (Lipinski definition) is 3. The second kappa shape index (κ2) is 7.86. The molecule has 0 aromatic heterocycles. The van der Waals surface area contributed by atoms with Crippen molar-refractivity contribution in [1.82, 2.24) is 10.2 Å². The van der Waals surface area contributed by atoms with E-state index in [0.29, 0.717) is 19.7 Å². The molecule has 0 rings (SSSR count). The summed E-state index contributed by atoms with van der Waals surface area (Å²) in [4.78, 5) is 1.26. The van der Waals surface area contributed by atoms with Crippen LogP contribution in [0, 0.1) is 0 Å². The Kier molecular flexibility index (Phi) is 7.70. The fraction of sp³-hybridized carbons (Fsp3) is 1.00. The van der Waals surface area contributed by atoms with E-state index in [0.717, 1.165) is 6.42 Å². The van der Waals surface area contributed by atoms with Crippen molar-refractivity contribution < 1.29 is 17.9 Å². The largest absolute Gasteiger partial charge is 0.401 e. The normalized spacial score (nSPS) is 14.4. The van der Waals surface area contributed by atoms with Crippen molar-refractivity contribution in [1.29, 1.82) is 0 Å². The predicted octanol–water partition coefficient (Wildman–Crippen LogP) is 1.50. The van der Waals surface area contributed by atoms with E-state index in [1.165, 1.54) is 11.9 Å². The Balaban J connectivity index is 3.63. The number of ether oxygens (including phenoxy) is 1. The van der Waals surface area contributed by atoms with E-state index in [1.807, 2.05) is 6.92 Å². The van der Waals surface area contributed by atoms with Gasteiger partial charge in [0.05, 0.1) is 13.2 Å². The van der Waals surface area contributed by atoms with Crippen molar-refractivity contribution in [2.75, 3.05) is 40.4 Å². The van der Waals surface area contributed by atoms with Crippen LogP contribution in [0.2, 0.25) is 0 Å². The highest BCUT2D eigenvalue weighted by Gasteiger charge is 2.28. The summed E-state index contributed by atoms with van der Waals surface area (Å²) in [6, 6.07) is 0.212. The number of methoxy groups -OCH3 is 1. The van der Waals surface area contributed by atoms with Gasteiger partial charge in [-0.05, 0) is 13.5 Å². The van der Waals surface area contributed by atoms with Crippen molar-refractivity contribution in [2.24, 2.45) is 0 Å². The van der Waals surface area contributed by atoms with Crippen LogP contribution in [-0.4, -0.2) is 57.5 Å². The molecule has 1 unspecified atom stereocenters. The summed E-state index contributed by atoms with van der Waals surface area (Å²) < 4.78 is 41.0. The number of hydrogen-bond donors (Lipinski definition) is 1. The molecule has 0 fully saturated rings. The highest BCUT2D eigenvalue weighted by Crippen LogP contribution is 2.14. The quantitative estimate of drug-likeness (QED) is 0.698. The summed E-state index contributed by atoms with van der Waals surface area (Å²) in [7, 11) is 3.08. The molecule has 0 aliphatic heterocycles. The Labute approximate surface area is 94.9 Å². The third kappa shape index (κ3) is 8.94. The van der Waals surface area contributed by atoms with Crippen LogP contribution in [-0.2, 0) is 4.74 Å². The van der Waals surface area contributed by atoms with E-state index in [-0.39, 0.29) is 6.04 Å². The average molecular weight is 242 g/mol. The standard InChI is InChI=1S/C10H21F3N2O/c1-4-9(7-16-3)14-5-6-15(2)8-10(11,12)13/h9,14H,4-8H2,1-3H3. The Bertz CT molecular complexity index is 176. The van der Waals surface area contributed by atoms with Crippen molar-refractivity contribution in [2.45, 2.75) is 25.6 Å². The fourth-order valence-electron chi connectivity index (χ4n) is 1.37. The number of halogens is 3. The first-order valence-corrected chi connectivity index (χ1v) is 5.36. The lowest BCUT2D eigenvalue weighted by Crippen LogP contribution is -2.40. The summed E-state index contributed by atoms with van der Waals surface area (Å²) >= 11 is 0. The molecular weight excluding hydrogens is 221 g/mol. The molecule has 0 saturated heterocycles. The molecule has 0 aromatic carbocycles. The van der Waals surface area contributed by atoms with Crippen molar-refractivity contribution >= 4 is 0 Å². The van der Waals surface area contributed by atoms with Gasteiger partial charge in [-0.25, -0.2) is 0 Å². The van der Waals surface area contributed by atoms with Crippen molar-refractivity contribution in [3.05, 3.63) is 0 Å². The monoisotopic (exact) mass is 242 g/mol. The minimum atomic E-state index is -4.12. The van der Waals surface area contributed by atoms with Gasteiger partial charge >= 0.3 is 6.18 Å². The maximum absolute atomic E-state index is 12.0. The summed E-state index contributed by atoms with van der Waals surface area (Å²) in [6.45, 7) is 2.64. The van der Waals surface area contributed by atoms with Crippen LogP contribution >= 0.6 is 0 Å². The number of likely N-dealkylation sites (N-methyl/N-ethyl adjacent to an activating group) is 1. The van der Waals surface area contributed by atoms with Gasteiger partial charge < -0.3 is 10.1 Å². The molecule has 0 amide bonds. The Hall–Kier alpha value is -0.330. The average Bonchev–Trinajstić information content (AvgIpc) is 2.13. The van der Waals surface area contributed by atoms with Gasteiger partial charge in [0.15, 0.2) is 0 Å². The van der Waals surface area contributed by atoms with Gasteiger partial charge in [0.25, 0.3) is 0 Å². The smallest absolute Gasteiger partial charge is 0.383 e. The Morgan fingerprint density at radius 3 is 2.44 bits per heavy atom. The summed E-state index contributed by atoms with van der Waals surface area (Å²) in [5.74, 6) is 0. The zero-order valence-corrected chi connectivity index (χ0v) is 10.1. The maximum atomic E-state index is 12.0. The molecular formula is C10H21F3N2O. The second-order valence-corrected chi connectivity index (χ2v) is 3.87. The van der Waals surface area contributed by atoms with Gasteiger partial charge in [0.1, 0.15) is 0 Å². The zero-order chi connectivity index (χ0) is 12.6. The molecule has 1 atom stereocenters. The first kappa shape index (κ1) is 15.7.